The van der Waals surface area contributed by atoms with Crippen LogP contribution in [0.4, 0.5) is 18.0 Å². The van der Waals surface area contributed by atoms with Gasteiger partial charge in [0, 0.05) is 12.2 Å². The number of hydrogen-bond acceptors (Lipinski definition) is 5. The fourth-order valence-corrected chi connectivity index (χ4v) is 2.62. The minimum absolute atomic E-state index is 0.0227. The van der Waals surface area contributed by atoms with Crippen LogP contribution in [0.1, 0.15) is 18.4 Å². The first-order chi connectivity index (χ1) is 11.3. The van der Waals surface area contributed by atoms with E-state index in [1.54, 1.807) is 30.3 Å². The summed E-state index contributed by atoms with van der Waals surface area (Å²) in [5, 5.41) is 13.1. The van der Waals surface area contributed by atoms with Gasteiger partial charge in [0.25, 0.3) is 0 Å². The average Bonchev–Trinajstić information content (AvgIpc) is 2.51. The Morgan fingerprint density at radius 2 is 1.92 bits per heavy atom. The van der Waals surface area contributed by atoms with E-state index in [9.17, 15) is 27.9 Å². The molecule has 1 rings (SSSR count). The van der Waals surface area contributed by atoms with Crippen LogP contribution in [0, 0.1) is 0 Å². The van der Waals surface area contributed by atoms with E-state index in [4.69, 9.17) is 4.74 Å². The Morgan fingerprint density at radius 3 is 2.50 bits per heavy atom. The predicted octanol–water partition coefficient (Wildman–Crippen LogP) is 2.11. The Morgan fingerprint density at radius 1 is 1.25 bits per heavy atom. The highest BCUT2D eigenvalue weighted by molar-refractivity contribution is 7.99. The first-order valence-corrected chi connectivity index (χ1v) is 8.26. The lowest BCUT2D eigenvalue weighted by Gasteiger charge is -2.19. The van der Waals surface area contributed by atoms with Gasteiger partial charge in [-0.3, -0.25) is 0 Å². The van der Waals surface area contributed by atoms with E-state index < -0.39 is 30.7 Å². The number of aliphatic carboxylic acids is 1. The molecule has 0 unspecified atom stereocenters. The first kappa shape index (κ1) is 20.1. The summed E-state index contributed by atoms with van der Waals surface area (Å²) in [6, 6.07) is 7.46. The van der Waals surface area contributed by atoms with Gasteiger partial charge in [-0.05, 0) is 17.7 Å². The quantitative estimate of drug-likeness (QED) is 0.679. The largest absolute Gasteiger partial charge is 0.548 e. The van der Waals surface area contributed by atoms with E-state index in [1.165, 1.54) is 0 Å². The summed E-state index contributed by atoms with van der Waals surface area (Å²) < 4.78 is 40.8. The Kier molecular flexibility index (Phi) is 8.45. The van der Waals surface area contributed by atoms with E-state index in [2.05, 4.69) is 5.32 Å². The van der Waals surface area contributed by atoms with Crippen molar-refractivity contribution < 1.29 is 32.6 Å². The average molecular weight is 364 g/mol. The van der Waals surface area contributed by atoms with Gasteiger partial charge < -0.3 is 20.0 Å². The lowest BCUT2D eigenvalue weighted by atomic mass is 10.2. The van der Waals surface area contributed by atoms with Gasteiger partial charge in [-0.2, -0.15) is 24.9 Å². The van der Waals surface area contributed by atoms with E-state index in [-0.39, 0.29) is 24.5 Å². The van der Waals surface area contributed by atoms with E-state index in [1.807, 2.05) is 0 Å². The molecule has 0 aliphatic rings. The third kappa shape index (κ3) is 9.29. The van der Waals surface area contributed by atoms with Gasteiger partial charge >= 0.3 is 12.3 Å². The van der Waals surface area contributed by atoms with Gasteiger partial charge in [-0.25, -0.2) is 4.79 Å². The van der Waals surface area contributed by atoms with Crippen LogP contribution < -0.4 is 10.4 Å². The van der Waals surface area contributed by atoms with Gasteiger partial charge in [0.15, 0.2) is 0 Å². The van der Waals surface area contributed by atoms with Crippen LogP contribution in [0.5, 0.6) is 0 Å². The SMILES string of the molecule is O=C(N[C@H](CSCCCC(F)(F)F)C(=O)[O-])OCc1ccccc1. The smallest absolute Gasteiger partial charge is 0.408 e. The highest BCUT2D eigenvalue weighted by Gasteiger charge is 2.26. The zero-order valence-electron chi connectivity index (χ0n) is 12.7. The third-order valence-electron chi connectivity index (χ3n) is 2.82. The number of amides is 1. The third-order valence-corrected chi connectivity index (χ3v) is 3.97. The van der Waals surface area contributed by atoms with Crippen LogP contribution in [-0.4, -0.2) is 35.8 Å². The van der Waals surface area contributed by atoms with Crippen molar-refractivity contribution in [2.45, 2.75) is 31.7 Å². The van der Waals surface area contributed by atoms with Gasteiger partial charge in [-0.1, -0.05) is 30.3 Å². The summed E-state index contributed by atoms with van der Waals surface area (Å²) in [4.78, 5) is 22.5. The van der Waals surface area contributed by atoms with Gasteiger partial charge in [0.1, 0.15) is 6.61 Å². The molecule has 24 heavy (non-hydrogen) atoms. The molecule has 0 saturated heterocycles. The number of ether oxygens (including phenoxy) is 1. The normalized spacial score (nSPS) is 12.5. The number of nitrogens with one attached hydrogen (secondary N) is 1. The van der Waals surface area contributed by atoms with E-state index >= 15 is 0 Å². The maximum atomic E-state index is 12.0. The highest BCUT2D eigenvalue weighted by Crippen LogP contribution is 2.22. The maximum absolute atomic E-state index is 12.0. The zero-order chi connectivity index (χ0) is 18.0. The molecule has 9 heteroatoms. The molecule has 0 aliphatic carbocycles. The molecule has 0 saturated carbocycles. The van der Waals surface area contributed by atoms with Crippen molar-refractivity contribution in [3.63, 3.8) is 0 Å². The molecule has 1 N–H and O–H groups in total. The molecule has 134 valence electrons. The molecule has 0 heterocycles. The number of carboxylic acid groups (broad SMARTS) is 1. The Balaban J connectivity index is 2.29. The minimum atomic E-state index is -4.23. The number of thioether (sulfide) groups is 1. The number of carbonyl (C=O) groups excluding carboxylic acids is 2. The summed E-state index contributed by atoms with van der Waals surface area (Å²) in [6.45, 7) is -0.0227. The van der Waals surface area contributed by atoms with Crippen LogP contribution in [0.3, 0.4) is 0 Å². The fraction of sp³-hybridized carbons (Fsp3) is 0.467. The van der Waals surface area contributed by atoms with Crippen molar-refractivity contribution in [3.05, 3.63) is 35.9 Å². The molecule has 0 spiro atoms. The monoisotopic (exact) mass is 364 g/mol. The Hall–Kier alpha value is -1.90. The molecule has 0 aliphatic heterocycles. The number of hydrogen-bond donors (Lipinski definition) is 1. The highest BCUT2D eigenvalue weighted by atomic mass is 32.2. The van der Waals surface area contributed by atoms with Crippen molar-refractivity contribution in [1.29, 1.82) is 0 Å². The summed E-state index contributed by atoms with van der Waals surface area (Å²) in [5.74, 6) is -1.49. The zero-order valence-corrected chi connectivity index (χ0v) is 13.5. The molecule has 1 aromatic carbocycles. The van der Waals surface area contributed by atoms with Crippen molar-refractivity contribution in [2.24, 2.45) is 0 Å². The second-order valence-electron chi connectivity index (χ2n) is 4.87. The maximum Gasteiger partial charge on any atom is 0.408 e. The van der Waals surface area contributed by atoms with Gasteiger partial charge in [0.2, 0.25) is 0 Å². The number of alkyl carbamates (subject to hydrolysis) is 1. The lowest BCUT2D eigenvalue weighted by Crippen LogP contribution is -2.49. The van der Waals surface area contributed by atoms with Crippen LogP contribution in [-0.2, 0) is 16.1 Å². The summed E-state index contributed by atoms with van der Waals surface area (Å²) in [7, 11) is 0. The summed E-state index contributed by atoms with van der Waals surface area (Å²) in [5.41, 5.74) is 0.735. The molecule has 1 amide bonds. The fourth-order valence-electron chi connectivity index (χ4n) is 1.65. The van der Waals surface area contributed by atoms with Gasteiger partial charge in [0.05, 0.1) is 12.0 Å². The topological polar surface area (TPSA) is 78.5 Å². The summed E-state index contributed by atoms with van der Waals surface area (Å²) in [6.07, 6.45) is -6.20. The number of benzene rings is 1. The molecule has 5 nitrogen and oxygen atoms in total. The number of rotatable bonds is 9. The van der Waals surface area contributed by atoms with E-state index in [0.29, 0.717) is 0 Å². The minimum Gasteiger partial charge on any atom is -0.548 e. The molecular formula is C15H17F3NO4S-. The van der Waals surface area contributed by atoms with E-state index in [0.717, 1.165) is 17.3 Å². The van der Waals surface area contributed by atoms with Crippen molar-refractivity contribution in [3.8, 4) is 0 Å². The number of alkyl halides is 3. The Bertz CT molecular complexity index is 525. The number of carbonyl (C=O) groups is 2. The van der Waals surface area contributed by atoms with Crippen LogP contribution in [0.25, 0.3) is 0 Å². The number of carboxylic acids is 1. The molecule has 0 aromatic heterocycles. The molecule has 0 bridgehead atoms. The van der Waals surface area contributed by atoms with Crippen LogP contribution in [0.2, 0.25) is 0 Å². The first-order valence-electron chi connectivity index (χ1n) is 7.10. The second kappa shape index (κ2) is 10.1. The number of halogens is 3. The molecule has 1 aromatic rings. The lowest BCUT2D eigenvalue weighted by molar-refractivity contribution is -0.307. The van der Waals surface area contributed by atoms with Crippen molar-refractivity contribution in [1.82, 2.24) is 5.32 Å². The van der Waals surface area contributed by atoms with Crippen LogP contribution >= 0.6 is 11.8 Å². The molecule has 1 atom stereocenters. The molecular weight excluding hydrogens is 347 g/mol. The van der Waals surface area contributed by atoms with Crippen molar-refractivity contribution in [2.75, 3.05) is 11.5 Å². The predicted molar refractivity (Wildman–Crippen MR) is 81.2 cm³/mol. The van der Waals surface area contributed by atoms with Crippen molar-refractivity contribution >= 4 is 23.8 Å². The Labute approximate surface area is 141 Å². The van der Waals surface area contributed by atoms with Crippen LogP contribution in [0.15, 0.2) is 30.3 Å². The standard InChI is InChI=1S/C15H18F3NO4S/c16-15(17,18)7-4-8-24-10-12(13(20)21)19-14(22)23-9-11-5-2-1-3-6-11/h1-3,5-6,12H,4,7-10H2,(H,19,22)(H,20,21)/p-1/t12-/m1/s1. The second-order valence-corrected chi connectivity index (χ2v) is 6.02. The molecule has 0 radical (unpaired) electrons. The molecule has 0 fully saturated rings. The van der Waals surface area contributed by atoms with Gasteiger partial charge in [-0.15, -0.1) is 0 Å². The summed E-state index contributed by atoms with van der Waals surface area (Å²) >= 11 is 0.996.